The summed E-state index contributed by atoms with van der Waals surface area (Å²) in [5.41, 5.74) is 0. The fraction of sp³-hybridized carbons (Fsp3) is 0.889. The number of methoxy groups -OCH3 is 2. The molecule has 0 spiro atoms. The van der Waals surface area contributed by atoms with Crippen LogP contribution in [0.2, 0.25) is 0 Å². The number of rotatable bonds is 7. The number of hydrogen-bond acceptors (Lipinski definition) is 2. The summed E-state index contributed by atoms with van der Waals surface area (Å²) >= 11 is 0. The smallest absolute Gasteiger partial charge is 0.00127 e. The van der Waals surface area contributed by atoms with Crippen LogP contribution in [0.25, 0.3) is 0 Å². The van der Waals surface area contributed by atoms with Crippen LogP contribution < -0.4 is 0 Å². The Morgan fingerprint density at radius 1 is 1.00 bits per heavy atom. The van der Waals surface area contributed by atoms with Crippen LogP contribution in [0, 0.1) is 6.29 Å². The van der Waals surface area contributed by atoms with E-state index in [1.165, 1.54) is 25.7 Å². The van der Waals surface area contributed by atoms with Crippen molar-refractivity contribution in [2.75, 3.05) is 14.2 Å². The first-order chi connectivity index (χ1) is 5.35. The van der Waals surface area contributed by atoms with Crippen molar-refractivity contribution in [3.05, 3.63) is 6.29 Å². The Hall–Kier alpha value is 0.634. The molecule has 0 N–H and O–H groups in total. The van der Waals surface area contributed by atoms with Gasteiger partial charge in [0.05, 0.1) is 0 Å². The molecule has 0 atom stereocenters. The topological polar surface area (TPSA) is 18.5 Å². The third-order valence-corrected chi connectivity index (χ3v) is 1.69. The Morgan fingerprint density at radius 2 is 1.58 bits per heavy atom. The molecule has 12 heavy (non-hydrogen) atoms. The molecule has 0 unspecified atom stereocenters. The maximum Gasteiger partial charge on any atom is 0.00127 e. The molecule has 0 amide bonds. The zero-order chi connectivity index (χ0) is 8.53. The van der Waals surface area contributed by atoms with E-state index in [4.69, 9.17) is 9.47 Å². The Kier molecular flexibility index (Phi) is 14.7. The molecular weight excluding hydrogens is 188 g/mol. The third-order valence-electron chi connectivity index (χ3n) is 1.69. The van der Waals surface area contributed by atoms with E-state index < -0.39 is 0 Å². The number of unbranched alkanes of at least 4 members (excludes halogenated alkanes) is 3. The van der Waals surface area contributed by atoms with E-state index in [1.54, 1.807) is 14.2 Å². The van der Waals surface area contributed by atoms with E-state index in [1.807, 2.05) is 0 Å². The maximum atomic E-state index is 4.97. The summed E-state index contributed by atoms with van der Waals surface area (Å²) in [5.74, 6) is 0. The molecule has 0 aliphatic rings. The summed E-state index contributed by atoms with van der Waals surface area (Å²) in [6, 6.07) is 0. The van der Waals surface area contributed by atoms with E-state index in [0.29, 0.717) is 0 Å². The molecule has 0 aromatic rings. The van der Waals surface area contributed by atoms with Gasteiger partial charge >= 0.3 is 0 Å². The van der Waals surface area contributed by atoms with Gasteiger partial charge in [-0.1, -0.05) is 38.9 Å². The maximum absolute atomic E-state index is 4.97. The van der Waals surface area contributed by atoms with Crippen LogP contribution in [0.3, 0.4) is 0 Å². The molecule has 0 saturated heterocycles. The van der Waals surface area contributed by atoms with Gasteiger partial charge < -0.3 is 9.47 Å². The standard InChI is InChI=1S/C9H19O2.Ti/c1-4-5-6-7-8-9(10-2)11-3;/h4-8H2,1-3H3;/q-1;. The van der Waals surface area contributed by atoms with E-state index in [0.717, 1.165) is 12.7 Å². The van der Waals surface area contributed by atoms with Gasteiger partial charge in [0, 0.05) is 35.9 Å². The number of hydrogen-bond donors (Lipinski definition) is 0. The first-order valence-electron chi connectivity index (χ1n) is 4.29. The SMILES string of the molecule is CCCCCC[C-](OC)OC.[Ti]. The van der Waals surface area contributed by atoms with Crippen LogP contribution in [0.5, 0.6) is 0 Å². The quantitative estimate of drug-likeness (QED) is 0.363. The van der Waals surface area contributed by atoms with Crippen molar-refractivity contribution in [2.24, 2.45) is 0 Å². The van der Waals surface area contributed by atoms with Crippen LogP contribution in [0.4, 0.5) is 0 Å². The first kappa shape index (κ1) is 15.1. The predicted octanol–water partition coefficient (Wildman–Crippen LogP) is 2.74. The predicted molar refractivity (Wildman–Crippen MR) is 46.0 cm³/mol. The van der Waals surface area contributed by atoms with Crippen LogP contribution in [0.15, 0.2) is 0 Å². The Labute approximate surface area is 90.9 Å². The summed E-state index contributed by atoms with van der Waals surface area (Å²) in [4.78, 5) is 0. The second-order valence-electron chi connectivity index (χ2n) is 2.59. The molecule has 0 aromatic carbocycles. The van der Waals surface area contributed by atoms with Gasteiger partial charge in [0.25, 0.3) is 0 Å². The summed E-state index contributed by atoms with van der Waals surface area (Å²) in [6.07, 6.45) is 6.71. The van der Waals surface area contributed by atoms with Gasteiger partial charge in [0.15, 0.2) is 0 Å². The van der Waals surface area contributed by atoms with Crippen LogP contribution in [-0.4, -0.2) is 14.2 Å². The second-order valence-corrected chi connectivity index (χ2v) is 2.59. The van der Waals surface area contributed by atoms with Crippen molar-refractivity contribution in [2.45, 2.75) is 39.0 Å². The molecule has 0 heterocycles. The summed E-state index contributed by atoms with van der Waals surface area (Å²) in [6.45, 7) is 2.21. The minimum atomic E-state index is 0. The van der Waals surface area contributed by atoms with Crippen LogP contribution in [-0.2, 0) is 31.2 Å². The van der Waals surface area contributed by atoms with E-state index in [-0.39, 0.29) is 21.7 Å². The van der Waals surface area contributed by atoms with E-state index in [9.17, 15) is 0 Å². The van der Waals surface area contributed by atoms with Crippen LogP contribution >= 0.6 is 0 Å². The average Bonchev–Trinajstić information content (AvgIpc) is 2.05. The monoisotopic (exact) mass is 207 g/mol. The van der Waals surface area contributed by atoms with Gasteiger partial charge in [-0.25, -0.2) is 0 Å². The van der Waals surface area contributed by atoms with Crippen molar-refractivity contribution in [1.82, 2.24) is 0 Å². The van der Waals surface area contributed by atoms with Gasteiger partial charge in [-0.15, -0.1) is 6.42 Å². The zero-order valence-corrected chi connectivity index (χ0v) is 9.91. The van der Waals surface area contributed by atoms with Gasteiger partial charge in [-0.2, -0.15) is 0 Å². The molecule has 0 aromatic heterocycles. The molecule has 3 heteroatoms. The molecule has 2 nitrogen and oxygen atoms in total. The molecule has 0 aliphatic carbocycles. The van der Waals surface area contributed by atoms with Crippen molar-refractivity contribution in [3.63, 3.8) is 0 Å². The second kappa shape index (κ2) is 11.6. The summed E-state index contributed by atoms with van der Waals surface area (Å²) in [7, 11) is 3.30. The molecule has 0 aliphatic heterocycles. The molecule has 0 fully saturated rings. The van der Waals surface area contributed by atoms with Crippen molar-refractivity contribution < 1.29 is 31.2 Å². The van der Waals surface area contributed by atoms with Gasteiger partial charge in [-0.05, 0) is 0 Å². The van der Waals surface area contributed by atoms with Gasteiger partial charge in [0.1, 0.15) is 0 Å². The van der Waals surface area contributed by atoms with E-state index >= 15 is 0 Å². The largest absolute Gasteiger partial charge is 0.524 e. The Balaban J connectivity index is 0. The molecule has 72 valence electrons. The van der Waals surface area contributed by atoms with Crippen molar-refractivity contribution in [3.8, 4) is 0 Å². The molecular formula is C9H19O2Ti-. The van der Waals surface area contributed by atoms with Gasteiger partial charge in [0.2, 0.25) is 0 Å². The Morgan fingerprint density at radius 3 is 2.00 bits per heavy atom. The fourth-order valence-electron chi connectivity index (χ4n) is 0.984. The normalized spacial score (nSPS) is 10.0. The number of ether oxygens (including phenoxy) is 2. The molecule has 0 bridgehead atoms. The minimum absolute atomic E-state index is 0. The third kappa shape index (κ3) is 8.73. The summed E-state index contributed by atoms with van der Waals surface area (Å²) < 4.78 is 9.95. The van der Waals surface area contributed by atoms with E-state index in [2.05, 4.69) is 6.92 Å². The average molecular weight is 207 g/mol. The van der Waals surface area contributed by atoms with Gasteiger partial charge in [-0.3, -0.25) is 0 Å². The molecule has 0 saturated carbocycles. The molecule has 0 radical (unpaired) electrons. The minimum Gasteiger partial charge on any atom is -0.524 e. The zero-order valence-electron chi connectivity index (χ0n) is 8.35. The first-order valence-corrected chi connectivity index (χ1v) is 4.29. The summed E-state index contributed by atoms with van der Waals surface area (Å²) in [5, 5.41) is 0. The molecule has 0 rings (SSSR count). The van der Waals surface area contributed by atoms with Crippen LogP contribution in [0.1, 0.15) is 39.0 Å². The Bertz CT molecular complexity index is 74.9. The van der Waals surface area contributed by atoms with Crippen molar-refractivity contribution >= 4 is 0 Å². The fourth-order valence-corrected chi connectivity index (χ4v) is 0.984. The van der Waals surface area contributed by atoms with Crippen molar-refractivity contribution in [1.29, 1.82) is 0 Å².